The largest absolute Gasteiger partial charge is 0.465 e. The molecule has 3 heteroatoms. The fourth-order valence-corrected chi connectivity index (χ4v) is 2.89. The van der Waals surface area contributed by atoms with Crippen molar-refractivity contribution in [3.8, 4) is 0 Å². The van der Waals surface area contributed by atoms with Crippen LogP contribution in [0.2, 0.25) is 0 Å². The summed E-state index contributed by atoms with van der Waals surface area (Å²) in [5.41, 5.74) is 2.83. The summed E-state index contributed by atoms with van der Waals surface area (Å²) in [6.45, 7) is 5.40. The van der Waals surface area contributed by atoms with Gasteiger partial charge >= 0.3 is 5.97 Å². The van der Waals surface area contributed by atoms with E-state index in [0.29, 0.717) is 5.56 Å². The Kier molecular flexibility index (Phi) is 5.05. The Hall–Kier alpha value is -1.51. The Balaban J connectivity index is 1.91. The number of rotatable bonds is 4. The van der Waals surface area contributed by atoms with Crippen LogP contribution in [0, 0.1) is 18.8 Å². The molecule has 0 heterocycles. The molecule has 0 aliphatic heterocycles. The molecule has 0 radical (unpaired) electrons. The molecule has 20 heavy (non-hydrogen) atoms. The lowest BCUT2D eigenvalue weighted by Gasteiger charge is -2.26. The highest BCUT2D eigenvalue weighted by atomic mass is 16.5. The zero-order chi connectivity index (χ0) is 14.5. The molecule has 110 valence electrons. The number of aryl methyl sites for hydroxylation is 1. The number of methoxy groups -OCH3 is 1. The average molecular weight is 275 g/mol. The Morgan fingerprint density at radius 1 is 1.30 bits per heavy atom. The van der Waals surface area contributed by atoms with Crippen LogP contribution in [0.4, 0.5) is 5.69 Å². The number of ether oxygens (including phenoxy) is 1. The van der Waals surface area contributed by atoms with E-state index in [1.165, 1.54) is 32.8 Å². The van der Waals surface area contributed by atoms with Gasteiger partial charge in [0.1, 0.15) is 0 Å². The standard InChI is InChI=1S/C17H25NO2/c1-12-4-6-14(7-5-12)11-18-16-9-8-15(10-13(16)2)17(19)20-3/h8-10,12,14,18H,4-7,11H2,1-3H3. The smallest absolute Gasteiger partial charge is 0.337 e. The number of hydrogen-bond acceptors (Lipinski definition) is 3. The fourth-order valence-electron chi connectivity index (χ4n) is 2.89. The molecule has 0 atom stereocenters. The Labute approximate surface area is 121 Å². The van der Waals surface area contributed by atoms with Crippen molar-refractivity contribution in [3.63, 3.8) is 0 Å². The van der Waals surface area contributed by atoms with E-state index in [0.717, 1.165) is 29.6 Å². The van der Waals surface area contributed by atoms with E-state index in [9.17, 15) is 4.79 Å². The van der Waals surface area contributed by atoms with Gasteiger partial charge in [-0.1, -0.05) is 19.8 Å². The number of hydrogen-bond donors (Lipinski definition) is 1. The molecular weight excluding hydrogens is 250 g/mol. The lowest BCUT2D eigenvalue weighted by molar-refractivity contribution is 0.0600. The van der Waals surface area contributed by atoms with Crippen molar-refractivity contribution >= 4 is 11.7 Å². The van der Waals surface area contributed by atoms with Crippen molar-refractivity contribution < 1.29 is 9.53 Å². The highest BCUT2D eigenvalue weighted by Crippen LogP contribution is 2.28. The minimum absolute atomic E-state index is 0.277. The molecule has 2 rings (SSSR count). The second kappa shape index (κ2) is 6.78. The zero-order valence-electron chi connectivity index (χ0n) is 12.7. The summed E-state index contributed by atoms with van der Waals surface area (Å²) in [6, 6.07) is 5.69. The van der Waals surface area contributed by atoms with Crippen LogP contribution >= 0.6 is 0 Å². The molecular formula is C17H25NO2. The van der Waals surface area contributed by atoms with Crippen LogP contribution in [0.25, 0.3) is 0 Å². The van der Waals surface area contributed by atoms with Gasteiger partial charge in [0.25, 0.3) is 0 Å². The van der Waals surface area contributed by atoms with E-state index in [-0.39, 0.29) is 5.97 Å². The summed E-state index contributed by atoms with van der Waals surface area (Å²) in [4.78, 5) is 11.5. The molecule has 0 spiro atoms. The normalized spacial score (nSPS) is 22.4. The first-order chi connectivity index (χ1) is 9.60. The molecule has 1 saturated carbocycles. The van der Waals surface area contributed by atoms with Gasteiger partial charge in [-0.2, -0.15) is 0 Å². The van der Waals surface area contributed by atoms with Gasteiger partial charge in [0.2, 0.25) is 0 Å². The van der Waals surface area contributed by atoms with Gasteiger partial charge in [-0.25, -0.2) is 4.79 Å². The zero-order valence-corrected chi connectivity index (χ0v) is 12.7. The van der Waals surface area contributed by atoms with Gasteiger partial charge in [-0.15, -0.1) is 0 Å². The van der Waals surface area contributed by atoms with Crippen LogP contribution < -0.4 is 5.32 Å². The molecule has 0 aromatic heterocycles. The summed E-state index contributed by atoms with van der Waals surface area (Å²) < 4.78 is 4.74. The lowest BCUT2D eigenvalue weighted by atomic mass is 9.83. The van der Waals surface area contributed by atoms with E-state index in [4.69, 9.17) is 4.74 Å². The number of carbonyl (C=O) groups is 1. The molecule has 1 aromatic carbocycles. The number of nitrogens with one attached hydrogen (secondary N) is 1. The number of benzene rings is 1. The fraction of sp³-hybridized carbons (Fsp3) is 0.588. The first-order valence-electron chi connectivity index (χ1n) is 7.53. The second-order valence-corrected chi connectivity index (χ2v) is 6.03. The Morgan fingerprint density at radius 3 is 2.60 bits per heavy atom. The molecule has 1 aliphatic carbocycles. The van der Waals surface area contributed by atoms with Crippen molar-refractivity contribution in [3.05, 3.63) is 29.3 Å². The van der Waals surface area contributed by atoms with Crippen molar-refractivity contribution in [2.45, 2.75) is 39.5 Å². The molecule has 1 aromatic rings. The third-order valence-corrected chi connectivity index (χ3v) is 4.36. The summed E-state index contributed by atoms with van der Waals surface area (Å²) in [6.07, 6.45) is 5.36. The van der Waals surface area contributed by atoms with Crippen LogP contribution in [0.5, 0.6) is 0 Å². The third kappa shape index (κ3) is 3.75. The molecule has 0 amide bonds. The minimum atomic E-state index is -0.277. The summed E-state index contributed by atoms with van der Waals surface area (Å²) in [5, 5.41) is 3.53. The highest BCUT2D eigenvalue weighted by molar-refractivity contribution is 5.90. The van der Waals surface area contributed by atoms with Crippen molar-refractivity contribution in [2.75, 3.05) is 19.0 Å². The van der Waals surface area contributed by atoms with Gasteiger partial charge in [0.05, 0.1) is 12.7 Å². The maximum Gasteiger partial charge on any atom is 0.337 e. The van der Waals surface area contributed by atoms with Crippen molar-refractivity contribution in [2.24, 2.45) is 11.8 Å². The Morgan fingerprint density at radius 2 is 2.00 bits per heavy atom. The molecule has 1 aliphatic rings. The van der Waals surface area contributed by atoms with Crippen molar-refractivity contribution in [1.29, 1.82) is 0 Å². The second-order valence-electron chi connectivity index (χ2n) is 6.03. The minimum Gasteiger partial charge on any atom is -0.465 e. The van der Waals surface area contributed by atoms with E-state index in [1.807, 2.05) is 25.1 Å². The lowest BCUT2D eigenvalue weighted by Crippen LogP contribution is -2.20. The molecule has 0 unspecified atom stereocenters. The SMILES string of the molecule is COC(=O)c1ccc(NCC2CCC(C)CC2)c(C)c1. The van der Waals surface area contributed by atoms with Gasteiger partial charge < -0.3 is 10.1 Å². The summed E-state index contributed by atoms with van der Waals surface area (Å²) in [7, 11) is 1.41. The first-order valence-corrected chi connectivity index (χ1v) is 7.53. The topological polar surface area (TPSA) is 38.3 Å². The van der Waals surface area contributed by atoms with E-state index in [1.54, 1.807) is 0 Å². The number of esters is 1. The monoisotopic (exact) mass is 275 g/mol. The van der Waals surface area contributed by atoms with Crippen LogP contribution in [-0.2, 0) is 4.74 Å². The van der Waals surface area contributed by atoms with Gasteiger partial charge in [-0.05, 0) is 55.4 Å². The quantitative estimate of drug-likeness (QED) is 0.843. The Bertz CT molecular complexity index is 462. The van der Waals surface area contributed by atoms with Gasteiger partial charge in [0, 0.05) is 12.2 Å². The molecule has 0 bridgehead atoms. The number of anilines is 1. The maximum absolute atomic E-state index is 11.5. The molecule has 1 N–H and O–H groups in total. The van der Waals surface area contributed by atoms with Gasteiger partial charge in [-0.3, -0.25) is 0 Å². The van der Waals surface area contributed by atoms with E-state index >= 15 is 0 Å². The maximum atomic E-state index is 11.5. The summed E-state index contributed by atoms with van der Waals surface area (Å²) in [5.74, 6) is 1.40. The van der Waals surface area contributed by atoms with Crippen molar-refractivity contribution in [1.82, 2.24) is 0 Å². The van der Waals surface area contributed by atoms with E-state index in [2.05, 4.69) is 12.2 Å². The average Bonchev–Trinajstić information content (AvgIpc) is 2.46. The third-order valence-electron chi connectivity index (χ3n) is 4.36. The predicted octanol–water partition coefficient (Wildman–Crippen LogP) is 4.02. The van der Waals surface area contributed by atoms with E-state index < -0.39 is 0 Å². The number of carbonyl (C=O) groups excluding carboxylic acids is 1. The van der Waals surface area contributed by atoms with Crippen LogP contribution in [-0.4, -0.2) is 19.6 Å². The first kappa shape index (κ1) is 14.9. The highest BCUT2D eigenvalue weighted by Gasteiger charge is 2.18. The van der Waals surface area contributed by atoms with Gasteiger partial charge in [0.15, 0.2) is 0 Å². The van der Waals surface area contributed by atoms with Crippen LogP contribution in [0.3, 0.4) is 0 Å². The molecule has 0 saturated heterocycles. The van der Waals surface area contributed by atoms with Crippen LogP contribution in [0.1, 0.15) is 48.5 Å². The molecule has 1 fully saturated rings. The predicted molar refractivity (Wildman–Crippen MR) is 82.1 cm³/mol. The molecule has 3 nitrogen and oxygen atoms in total. The van der Waals surface area contributed by atoms with Crippen LogP contribution in [0.15, 0.2) is 18.2 Å². The summed E-state index contributed by atoms with van der Waals surface area (Å²) >= 11 is 0.